The van der Waals surface area contributed by atoms with Crippen LogP contribution in [0.15, 0.2) is 24.3 Å². The van der Waals surface area contributed by atoms with Gasteiger partial charge in [-0.3, -0.25) is 0 Å². The van der Waals surface area contributed by atoms with Gasteiger partial charge in [-0.15, -0.1) is 5.10 Å². The summed E-state index contributed by atoms with van der Waals surface area (Å²) in [4.78, 5) is 4.15. The second-order valence-corrected chi connectivity index (χ2v) is 4.82. The molecule has 0 spiro atoms. The molecule has 5 nitrogen and oxygen atoms in total. The Balaban J connectivity index is 2.16. The molecule has 0 aliphatic rings. The summed E-state index contributed by atoms with van der Waals surface area (Å²) in [5.74, 6) is 0.933. The molecule has 0 saturated heterocycles. The maximum absolute atomic E-state index is 5.94. The Morgan fingerprint density at radius 3 is 2.89 bits per heavy atom. The third kappa shape index (κ3) is 3.13. The van der Waals surface area contributed by atoms with E-state index in [-0.39, 0.29) is 6.04 Å². The highest BCUT2D eigenvalue weighted by molar-refractivity contribution is 6.30. The topological polar surface area (TPSA) is 68.8 Å². The lowest BCUT2D eigenvalue weighted by Crippen LogP contribution is -2.11. The molecule has 6 heteroatoms. The summed E-state index contributed by atoms with van der Waals surface area (Å²) >= 11 is 5.94. The molecule has 2 rings (SSSR count). The first-order valence-corrected chi connectivity index (χ1v) is 6.13. The number of nitrogens with zero attached hydrogens (tertiary/aromatic N) is 3. The van der Waals surface area contributed by atoms with Crippen LogP contribution in [0.25, 0.3) is 0 Å². The van der Waals surface area contributed by atoms with Crippen LogP contribution in [-0.4, -0.2) is 20.8 Å². The Bertz CT molecular complexity index is 535. The normalized spacial score (nSPS) is 10.9. The quantitative estimate of drug-likeness (QED) is 0.891. The van der Waals surface area contributed by atoms with Gasteiger partial charge in [-0.2, -0.15) is 4.98 Å². The predicted octanol–water partition coefficient (Wildman–Crippen LogP) is 2.38. The van der Waals surface area contributed by atoms with E-state index in [4.69, 9.17) is 17.3 Å². The molecule has 1 heterocycles. The van der Waals surface area contributed by atoms with E-state index in [0.29, 0.717) is 23.5 Å². The molecule has 1 aromatic carbocycles. The van der Waals surface area contributed by atoms with Crippen molar-refractivity contribution in [1.29, 1.82) is 0 Å². The van der Waals surface area contributed by atoms with Crippen LogP contribution in [0.4, 0.5) is 11.9 Å². The van der Waals surface area contributed by atoms with Gasteiger partial charge >= 0.3 is 0 Å². The monoisotopic (exact) mass is 265 g/mol. The van der Waals surface area contributed by atoms with E-state index in [1.54, 1.807) is 4.68 Å². The maximum atomic E-state index is 5.94. The smallest absolute Gasteiger partial charge is 0.244 e. The van der Waals surface area contributed by atoms with Gasteiger partial charge in [0.15, 0.2) is 0 Å². The molecule has 0 radical (unpaired) electrons. The van der Waals surface area contributed by atoms with Gasteiger partial charge in [0.25, 0.3) is 0 Å². The molecule has 0 saturated carbocycles. The average Bonchev–Trinajstić information content (AvgIpc) is 2.58. The molecule has 0 bridgehead atoms. The number of nitrogens with two attached hydrogens (primary N) is 1. The molecule has 0 amide bonds. The van der Waals surface area contributed by atoms with Gasteiger partial charge in [-0.05, 0) is 31.5 Å². The fourth-order valence-electron chi connectivity index (χ4n) is 1.60. The van der Waals surface area contributed by atoms with Crippen molar-refractivity contribution in [3.8, 4) is 0 Å². The van der Waals surface area contributed by atoms with Gasteiger partial charge in [0.1, 0.15) is 0 Å². The maximum Gasteiger partial charge on any atom is 0.244 e. The molecule has 96 valence electrons. The van der Waals surface area contributed by atoms with Crippen LogP contribution in [0.1, 0.15) is 19.4 Å². The Labute approximate surface area is 111 Å². The molecule has 0 fully saturated rings. The van der Waals surface area contributed by atoms with Gasteiger partial charge in [0.2, 0.25) is 11.9 Å². The fraction of sp³-hybridized carbons (Fsp3) is 0.333. The number of halogens is 1. The zero-order valence-electron chi connectivity index (χ0n) is 10.4. The largest absolute Gasteiger partial charge is 0.368 e. The fourth-order valence-corrected chi connectivity index (χ4v) is 1.81. The Kier molecular flexibility index (Phi) is 3.72. The third-order valence-electron chi connectivity index (χ3n) is 2.34. The minimum atomic E-state index is 0.270. The zero-order valence-corrected chi connectivity index (χ0v) is 11.1. The van der Waals surface area contributed by atoms with Crippen LogP contribution in [0.3, 0.4) is 0 Å². The van der Waals surface area contributed by atoms with E-state index in [0.717, 1.165) is 5.56 Å². The second kappa shape index (κ2) is 5.27. The van der Waals surface area contributed by atoms with Gasteiger partial charge in [-0.1, -0.05) is 23.7 Å². The van der Waals surface area contributed by atoms with Crippen LogP contribution < -0.4 is 11.1 Å². The van der Waals surface area contributed by atoms with Crippen LogP contribution in [0.2, 0.25) is 5.02 Å². The van der Waals surface area contributed by atoms with Gasteiger partial charge in [0, 0.05) is 11.1 Å². The second-order valence-electron chi connectivity index (χ2n) is 4.38. The summed E-state index contributed by atoms with van der Waals surface area (Å²) in [7, 11) is 0. The van der Waals surface area contributed by atoms with Crippen molar-refractivity contribution in [2.45, 2.75) is 26.4 Å². The molecule has 2 aromatic rings. The van der Waals surface area contributed by atoms with Gasteiger partial charge < -0.3 is 11.1 Å². The molecule has 18 heavy (non-hydrogen) atoms. The average molecular weight is 266 g/mol. The van der Waals surface area contributed by atoms with E-state index in [1.165, 1.54) is 0 Å². The molecule has 0 aliphatic heterocycles. The van der Waals surface area contributed by atoms with Crippen LogP contribution >= 0.6 is 11.6 Å². The molecular formula is C12H16ClN5. The summed E-state index contributed by atoms with van der Waals surface area (Å²) in [5.41, 5.74) is 6.86. The number of hydrogen-bond donors (Lipinski definition) is 2. The lowest BCUT2D eigenvalue weighted by Gasteiger charge is -2.04. The first-order chi connectivity index (χ1) is 8.54. The summed E-state index contributed by atoms with van der Waals surface area (Å²) < 4.78 is 1.65. The SMILES string of the molecule is CC(C)Nc1nc(N)n(Cc2cccc(Cl)c2)n1. The van der Waals surface area contributed by atoms with Crippen LogP contribution in [-0.2, 0) is 6.54 Å². The van der Waals surface area contributed by atoms with Gasteiger partial charge in [-0.25, -0.2) is 4.68 Å². The van der Waals surface area contributed by atoms with Crippen molar-refractivity contribution >= 4 is 23.5 Å². The number of hydrogen-bond acceptors (Lipinski definition) is 4. The van der Waals surface area contributed by atoms with E-state index in [2.05, 4.69) is 15.4 Å². The van der Waals surface area contributed by atoms with Crippen molar-refractivity contribution in [3.63, 3.8) is 0 Å². The first kappa shape index (κ1) is 12.7. The van der Waals surface area contributed by atoms with E-state index < -0.39 is 0 Å². The third-order valence-corrected chi connectivity index (χ3v) is 2.57. The highest BCUT2D eigenvalue weighted by Crippen LogP contribution is 2.14. The lowest BCUT2D eigenvalue weighted by molar-refractivity contribution is 0.695. The Morgan fingerprint density at radius 1 is 1.44 bits per heavy atom. The van der Waals surface area contributed by atoms with E-state index in [1.807, 2.05) is 38.1 Å². The minimum absolute atomic E-state index is 0.270. The van der Waals surface area contributed by atoms with Gasteiger partial charge in [0.05, 0.1) is 6.54 Å². The standard InChI is InChI=1S/C12H16ClN5/c1-8(2)15-12-16-11(14)18(17-12)7-9-4-3-5-10(13)6-9/h3-6,8H,7H2,1-2H3,(H3,14,15,16,17). The summed E-state index contributed by atoms with van der Waals surface area (Å²) in [5, 5.41) is 8.12. The lowest BCUT2D eigenvalue weighted by atomic mass is 10.2. The highest BCUT2D eigenvalue weighted by atomic mass is 35.5. The van der Waals surface area contributed by atoms with Crippen molar-refractivity contribution in [1.82, 2.24) is 14.8 Å². The highest BCUT2D eigenvalue weighted by Gasteiger charge is 2.08. The van der Waals surface area contributed by atoms with Crippen LogP contribution in [0, 0.1) is 0 Å². The van der Waals surface area contributed by atoms with Crippen molar-refractivity contribution in [2.75, 3.05) is 11.1 Å². The Morgan fingerprint density at radius 2 is 2.22 bits per heavy atom. The predicted molar refractivity (Wildman–Crippen MR) is 73.7 cm³/mol. The number of rotatable bonds is 4. The number of aromatic nitrogens is 3. The number of nitrogens with one attached hydrogen (secondary N) is 1. The summed E-state index contributed by atoms with van der Waals surface area (Å²) in [6, 6.07) is 7.87. The van der Waals surface area contributed by atoms with E-state index >= 15 is 0 Å². The summed E-state index contributed by atoms with van der Waals surface area (Å²) in [6.07, 6.45) is 0. The molecule has 3 N–H and O–H groups in total. The minimum Gasteiger partial charge on any atom is -0.368 e. The Hall–Kier alpha value is -1.75. The van der Waals surface area contributed by atoms with E-state index in [9.17, 15) is 0 Å². The van der Waals surface area contributed by atoms with Crippen molar-refractivity contribution in [2.24, 2.45) is 0 Å². The number of benzene rings is 1. The van der Waals surface area contributed by atoms with Crippen molar-refractivity contribution in [3.05, 3.63) is 34.9 Å². The molecule has 0 unspecified atom stereocenters. The zero-order chi connectivity index (χ0) is 13.1. The number of nitrogen functional groups attached to an aromatic ring is 1. The molecule has 1 aromatic heterocycles. The number of anilines is 2. The summed E-state index contributed by atoms with van der Waals surface area (Å²) in [6.45, 7) is 4.60. The van der Waals surface area contributed by atoms with Crippen molar-refractivity contribution < 1.29 is 0 Å². The molecule has 0 atom stereocenters. The van der Waals surface area contributed by atoms with Crippen LogP contribution in [0.5, 0.6) is 0 Å². The molecule has 0 aliphatic carbocycles. The molecular weight excluding hydrogens is 250 g/mol. The first-order valence-electron chi connectivity index (χ1n) is 5.76.